The van der Waals surface area contributed by atoms with Gasteiger partial charge in [-0.25, -0.2) is 4.79 Å². The zero-order valence-electron chi connectivity index (χ0n) is 17.1. The van der Waals surface area contributed by atoms with Crippen molar-refractivity contribution in [2.75, 3.05) is 23.0 Å². The van der Waals surface area contributed by atoms with Crippen molar-refractivity contribution >= 4 is 47.7 Å². The van der Waals surface area contributed by atoms with Crippen molar-refractivity contribution in [2.45, 2.75) is 50.8 Å². The van der Waals surface area contributed by atoms with E-state index in [2.05, 4.69) is 10.6 Å². The maximum Gasteiger partial charge on any atom is 0.329 e. The van der Waals surface area contributed by atoms with Gasteiger partial charge in [0, 0.05) is 18.3 Å². The van der Waals surface area contributed by atoms with E-state index < -0.39 is 30.1 Å². The molecule has 1 aliphatic rings. The predicted octanol–water partition coefficient (Wildman–Crippen LogP) is 1.65. The van der Waals surface area contributed by atoms with Crippen molar-refractivity contribution in [2.24, 2.45) is 5.73 Å². The molecular weight excluding hydrogens is 428 g/mol. The molecular formula is C20H31ClN4O4S. The summed E-state index contributed by atoms with van der Waals surface area (Å²) in [4.78, 5) is 37.7. The number of nitrogens with zero attached hydrogens (tertiary/aromatic N) is 1. The Labute approximate surface area is 187 Å². The van der Waals surface area contributed by atoms with E-state index in [1.807, 2.05) is 25.1 Å². The zero-order chi connectivity index (χ0) is 21.2. The molecule has 0 spiro atoms. The minimum absolute atomic E-state index is 0. The largest absolute Gasteiger partial charge is 0.382 e. The molecule has 10 heteroatoms. The van der Waals surface area contributed by atoms with Crippen molar-refractivity contribution in [3.8, 4) is 0 Å². The van der Waals surface area contributed by atoms with E-state index in [-0.39, 0.29) is 18.3 Å². The lowest BCUT2D eigenvalue weighted by Gasteiger charge is -2.22. The van der Waals surface area contributed by atoms with E-state index in [1.54, 1.807) is 23.9 Å². The Morgan fingerprint density at radius 2 is 2.00 bits per heavy atom. The lowest BCUT2D eigenvalue weighted by molar-refractivity contribution is -0.130. The molecule has 30 heavy (non-hydrogen) atoms. The minimum atomic E-state index is -1.22. The molecule has 1 aliphatic heterocycles. The molecule has 1 unspecified atom stereocenters. The van der Waals surface area contributed by atoms with Crippen LogP contribution >= 0.6 is 24.2 Å². The maximum absolute atomic E-state index is 12.1. The molecule has 1 aromatic carbocycles. The summed E-state index contributed by atoms with van der Waals surface area (Å²) in [6.45, 7) is 2.42. The number of aliphatic hydroxyl groups excluding tert-OH is 1. The van der Waals surface area contributed by atoms with Gasteiger partial charge in [-0.05, 0) is 49.3 Å². The molecule has 0 bridgehead atoms. The Bertz CT molecular complexity index is 695. The number of rotatable bonds is 12. The number of imide groups is 1. The molecule has 1 fully saturated rings. The van der Waals surface area contributed by atoms with E-state index in [0.29, 0.717) is 37.9 Å². The highest BCUT2D eigenvalue weighted by Gasteiger charge is 2.38. The van der Waals surface area contributed by atoms with Crippen LogP contribution in [0.1, 0.15) is 32.6 Å². The number of amides is 4. The number of nitrogens with two attached hydrogens (primary N) is 1. The van der Waals surface area contributed by atoms with Gasteiger partial charge in [-0.2, -0.15) is 11.8 Å². The summed E-state index contributed by atoms with van der Waals surface area (Å²) in [6.07, 6.45) is 1.11. The molecule has 8 nitrogen and oxygen atoms in total. The minimum Gasteiger partial charge on any atom is -0.382 e. The number of carbonyl (C=O) groups is 3. The quantitative estimate of drug-likeness (QED) is 0.279. The second-order valence-corrected chi connectivity index (χ2v) is 8.29. The van der Waals surface area contributed by atoms with E-state index >= 15 is 0 Å². The van der Waals surface area contributed by atoms with Gasteiger partial charge in [0.05, 0.1) is 0 Å². The van der Waals surface area contributed by atoms with Gasteiger partial charge in [0.25, 0.3) is 5.91 Å². The van der Waals surface area contributed by atoms with Crippen LogP contribution in [0.15, 0.2) is 30.3 Å². The average molecular weight is 459 g/mol. The smallest absolute Gasteiger partial charge is 0.329 e. The number of unbranched alkanes of at least 4 members (excludes halogenated alkanes) is 1. The highest BCUT2D eigenvalue weighted by atomic mass is 35.5. The third-order valence-electron chi connectivity index (χ3n) is 4.78. The Balaban J connectivity index is 0.00000450. The Morgan fingerprint density at radius 3 is 2.67 bits per heavy atom. The standard InChI is InChI=1S/C20H30N4O4S.ClH/c1-2-29-13-11-15(21)17(25)19(27)22-12-7-6-10-16-18(26)23-20(28)24(16)14-8-4-3-5-9-14;/h3-5,8-9,15-17,25H,2,6-7,10-13,21H2,1H3,(H,22,27)(H,23,26,28);1H/t15-,16-,17?;/m1./s1. The number of carbonyl (C=O) groups excluding carboxylic acids is 3. The molecule has 1 heterocycles. The fourth-order valence-electron chi connectivity index (χ4n) is 3.15. The summed E-state index contributed by atoms with van der Waals surface area (Å²) < 4.78 is 0. The summed E-state index contributed by atoms with van der Waals surface area (Å²) in [6, 6.07) is 7.49. The van der Waals surface area contributed by atoms with Gasteiger partial charge in [0.1, 0.15) is 12.1 Å². The van der Waals surface area contributed by atoms with Crippen LogP contribution in [-0.4, -0.2) is 59.2 Å². The number of para-hydroxylation sites is 1. The molecule has 1 aromatic rings. The van der Waals surface area contributed by atoms with E-state index in [9.17, 15) is 19.5 Å². The van der Waals surface area contributed by atoms with Gasteiger partial charge in [0.15, 0.2) is 0 Å². The van der Waals surface area contributed by atoms with Crippen LogP contribution in [0.5, 0.6) is 0 Å². The third-order valence-corrected chi connectivity index (χ3v) is 5.71. The summed E-state index contributed by atoms with van der Waals surface area (Å²) >= 11 is 1.72. The predicted molar refractivity (Wildman–Crippen MR) is 122 cm³/mol. The topological polar surface area (TPSA) is 125 Å². The summed E-state index contributed by atoms with van der Waals surface area (Å²) in [7, 11) is 0. The third kappa shape index (κ3) is 7.46. The number of benzene rings is 1. The van der Waals surface area contributed by atoms with Gasteiger partial charge >= 0.3 is 6.03 Å². The number of hydrogen-bond acceptors (Lipinski definition) is 6. The Hall–Kier alpha value is -1.81. The number of anilines is 1. The first kappa shape index (κ1) is 26.2. The molecule has 0 aromatic heterocycles. The first-order valence-electron chi connectivity index (χ1n) is 9.94. The summed E-state index contributed by atoms with van der Waals surface area (Å²) in [5.41, 5.74) is 6.54. The monoisotopic (exact) mass is 458 g/mol. The molecule has 0 saturated carbocycles. The number of urea groups is 1. The van der Waals surface area contributed by atoms with Gasteiger partial charge in [0.2, 0.25) is 5.91 Å². The van der Waals surface area contributed by atoms with Crippen LogP contribution in [0.2, 0.25) is 0 Å². The van der Waals surface area contributed by atoms with Crippen LogP contribution < -0.4 is 21.3 Å². The zero-order valence-corrected chi connectivity index (χ0v) is 18.7. The van der Waals surface area contributed by atoms with Crippen molar-refractivity contribution < 1.29 is 19.5 Å². The Kier molecular flexibility index (Phi) is 11.8. The average Bonchev–Trinajstić information content (AvgIpc) is 3.00. The Morgan fingerprint density at radius 1 is 1.30 bits per heavy atom. The van der Waals surface area contributed by atoms with Crippen LogP contribution in [0.3, 0.4) is 0 Å². The van der Waals surface area contributed by atoms with Gasteiger partial charge in [-0.1, -0.05) is 25.1 Å². The molecule has 4 amide bonds. The second-order valence-electron chi connectivity index (χ2n) is 6.90. The summed E-state index contributed by atoms with van der Waals surface area (Å²) in [5.74, 6) is 0.997. The fraction of sp³-hybridized carbons (Fsp3) is 0.550. The lowest BCUT2D eigenvalue weighted by atomic mass is 10.1. The molecule has 1 saturated heterocycles. The van der Waals surface area contributed by atoms with Crippen molar-refractivity contribution in [1.29, 1.82) is 0 Å². The van der Waals surface area contributed by atoms with E-state index in [0.717, 1.165) is 11.5 Å². The highest BCUT2D eigenvalue weighted by Crippen LogP contribution is 2.23. The SMILES string of the molecule is CCSCC[C@@H](N)C(O)C(=O)NCCCC[C@@H]1C(=O)NC(=O)N1c1ccccc1.Cl. The number of halogens is 1. The van der Waals surface area contributed by atoms with Crippen LogP contribution in [-0.2, 0) is 9.59 Å². The molecule has 168 valence electrons. The summed E-state index contributed by atoms with van der Waals surface area (Å²) in [5, 5.41) is 15.0. The van der Waals surface area contributed by atoms with Crippen molar-refractivity contribution in [3.05, 3.63) is 30.3 Å². The molecule has 5 N–H and O–H groups in total. The number of thioether (sulfide) groups is 1. The van der Waals surface area contributed by atoms with Crippen molar-refractivity contribution in [3.63, 3.8) is 0 Å². The molecule has 0 radical (unpaired) electrons. The van der Waals surface area contributed by atoms with Crippen LogP contribution in [0.25, 0.3) is 0 Å². The van der Waals surface area contributed by atoms with Gasteiger partial charge in [-0.15, -0.1) is 12.4 Å². The number of aliphatic hydroxyl groups is 1. The van der Waals surface area contributed by atoms with Gasteiger partial charge in [-0.3, -0.25) is 19.8 Å². The lowest BCUT2D eigenvalue weighted by Crippen LogP contribution is -2.46. The normalized spacial score (nSPS) is 17.8. The fourth-order valence-corrected chi connectivity index (χ4v) is 3.88. The van der Waals surface area contributed by atoms with Crippen LogP contribution in [0, 0.1) is 0 Å². The van der Waals surface area contributed by atoms with Gasteiger partial charge < -0.3 is 16.2 Å². The highest BCUT2D eigenvalue weighted by molar-refractivity contribution is 7.99. The van der Waals surface area contributed by atoms with E-state index in [1.165, 1.54) is 4.90 Å². The first-order valence-corrected chi connectivity index (χ1v) is 11.1. The van der Waals surface area contributed by atoms with Crippen molar-refractivity contribution in [1.82, 2.24) is 10.6 Å². The number of nitrogens with one attached hydrogen (secondary N) is 2. The maximum atomic E-state index is 12.1. The molecule has 2 rings (SSSR count). The molecule has 0 aliphatic carbocycles. The first-order chi connectivity index (χ1) is 14.0. The van der Waals surface area contributed by atoms with E-state index in [4.69, 9.17) is 5.73 Å². The number of hydrogen-bond donors (Lipinski definition) is 4. The van der Waals surface area contributed by atoms with Crippen LogP contribution in [0.4, 0.5) is 10.5 Å². The second kappa shape index (κ2) is 13.5. The molecule has 3 atom stereocenters.